The molecule has 0 aromatic carbocycles. The summed E-state index contributed by atoms with van der Waals surface area (Å²) >= 11 is 1.47. The van der Waals surface area contributed by atoms with Gasteiger partial charge < -0.3 is 14.7 Å². The van der Waals surface area contributed by atoms with E-state index in [1.165, 1.54) is 16.2 Å². The molecule has 2 rings (SSSR count). The summed E-state index contributed by atoms with van der Waals surface area (Å²) in [6.45, 7) is 4.57. The number of nitrogens with zero attached hydrogens (tertiary/aromatic N) is 1. The van der Waals surface area contributed by atoms with Gasteiger partial charge in [-0.3, -0.25) is 9.59 Å². The normalized spacial score (nSPS) is 18.6. The second kappa shape index (κ2) is 7.07. The number of aliphatic hydroxyl groups excluding tert-OH is 1. The molecule has 1 unspecified atom stereocenters. The molecule has 1 aliphatic rings. The smallest absolute Gasteiger partial charge is 0.290 e. The first-order chi connectivity index (χ1) is 10.5. The van der Waals surface area contributed by atoms with Crippen molar-refractivity contribution in [1.82, 2.24) is 4.90 Å². The van der Waals surface area contributed by atoms with Gasteiger partial charge in [0.1, 0.15) is 0 Å². The van der Waals surface area contributed by atoms with Crippen molar-refractivity contribution in [3.8, 4) is 0 Å². The zero-order valence-corrected chi connectivity index (χ0v) is 13.9. The van der Waals surface area contributed by atoms with Gasteiger partial charge in [0.2, 0.25) is 0 Å². The largest absolute Gasteiger partial charge is 0.503 e. The van der Waals surface area contributed by atoms with E-state index in [1.807, 2.05) is 31.4 Å². The molecule has 1 atom stereocenters. The Balaban J connectivity index is 2.38. The third-order valence-corrected chi connectivity index (χ3v) is 4.47. The van der Waals surface area contributed by atoms with E-state index in [-0.39, 0.29) is 17.3 Å². The van der Waals surface area contributed by atoms with Crippen molar-refractivity contribution in [3.05, 3.63) is 33.7 Å². The van der Waals surface area contributed by atoms with E-state index in [0.29, 0.717) is 19.6 Å². The fourth-order valence-corrected chi connectivity index (χ4v) is 3.43. The van der Waals surface area contributed by atoms with E-state index >= 15 is 0 Å². The molecule has 0 saturated heterocycles. The summed E-state index contributed by atoms with van der Waals surface area (Å²) in [6.07, 6.45) is 0.312. The first-order valence-electron chi connectivity index (χ1n) is 7.27. The van der Waals surface area contributed by atoms with Gasteiger partial charge in [0, 0.05) is 25.0 Å². The number of ether oxygens (including phenoxy) is 1. The van der Waals surface area contributed by atoms with Crippen molar-refractivity contribution >= 4 is 23.0 Å². The number of carbonyl (C=O) groups is 2. The van der Waals surface area contributed by atoms with Gasteiger partial charge in [-0.15, -0.1) is 11.3 Å². The molecule has 0 fully saturated rings. The highest BCUT2D eigenvalue weighted by Gasteiger charge is 2.43. The second-order valence-electron chi connectivity index (χ2n) is 5.69. The maximum atomic E-state index is 12.5. The summed E-state index contributed by atoms with van der Waals surface area (Å²) in [7, 11) is 1.55. The minimum Gasteiger partial charge on any atom is -0.503 e. The Morgan fingerprint density at radius 2 is 2.23 bits per heavy atom. The molecule has 0 aliphatic carbocycles. The number of aliphatic hydroxyl groups is 1. The first kappa shape index (κ1) is 16.7. The van der Waals surface area contributed by atoms with Gasteiger partial charge in [0.15, 0.2) is 11.5 Å². The van der Waals surface area contributed by atoms with Gasteiger partial charge in [0.25, 0.3) is 5.91 Å². The Morgan fingerprint density at radius 1 is 1.50 bits per heavy atom. The maximum Gasteiger partial charge on any atom is 0.290 e. The highest BCUT2D eigenvalue weighted by molar-refractivity contribution is 7.10. The van der Waals surface area contributed by atoms with E-state index < -0.39 is 17.7 Å². The monoisotopic (exact) mass is 323 g/mol. The van der Waals surface area contributed by atoms with Crippen molar-refractivity contribution in [2.75, 3.05) is 20.3 Å². The Morgan fingerprint density at radius 3 is 2.77 bits per heavy atom. The van der Waals surface area contributed by atoms with Crippen LogP contribution in [0.2, 0.25) is 0 Å². The third-order valence-electron chi connectivity index (χ3n) is 3.55. The molecule has 0 spiro atoms. The highest BCUT2D eigenvalue weighted by atomic mass is 32.1. The lowest BCUT2D eigenvalue weighted by molar-refractivity contribution is -0.130. The predicted octanol–water partition coefficient (Wildman–Crippen LogP) is 2.71. The number of thiophene rings is 1. The first-order valence-corrected chi connectivity index (χ1v) is 8.15. The summed E-state index contributed by atoms with van der Waals surface area (Å²) in [5.74, 6) is -0.915. The molecule has 6 heteroatoms. The quantitative estimate of drug-likeness (QED) is 0.838. The number of hydrogen-bond acceptors (Lipinski definition) is 5. The number of methoxy groups -OCH3 is 1. The van der Waals surface area contributed by atoms with Crippen LogP contribution in [0, 0.1) is 5.92 Å². The molecule has 120 valence electrons. The predicted molar refractivity (Wildman–Crippen MR) is 84.8 cm³/mol. The topological polar surface area (TPSA) is 66.8 Å². The lowest BCUT2D eigenvalue weighted by Gasteiger charge is -2.25. The molecule has 1 amide bonds. The standard InChI is InChI=1S/C16H21NO4S/c1-10(2)9-11(18)13-14(12-5-4-8-22-12)17(6-7-21-3)16(20)15(13)19/h4-5,8,10,14,19H,6-7,9H2,1-3H3. The van der Waals surface area contributed by atoms with Crippen LogP contribution >= 0.6 is 11.3 Å². The Hall–Kier alpha value is -1.66. The van der Waals surface area contributed by atoms with E-state index in [9.17, 15) is 14.7 Å². The Bertz CT molecular complexity index is 577. The van der Waals surface area contributed by atoms with Gasteiger partial charge in [-0.05, 0) is 17.4 Å². The minimum atomic E-state index is -0.506. The van der Waals surface area contributed by atoms with Crippen LogP contribution in [0.15, 0.2) is 28.8 Å². The fourth-order valence-electron chi connectivity index (χ4n) is 2.58. The SMILES string of the molecule is COCCN1C(=O)C(O)=C(C(=O)CC(C)C)C1c1cccs1. The van der Waals surface area contributed by atoms with E-state index in [4.69, 9.17) is 4.74 Å². The Labute approximate surface area is 134 Å². The number of rotatable bonds is 7. The minimum absolute atomic E-state index is 0.167. The van der Waals surface area contributed by atoms with E-state index in [2.05, 4.69) is 0 Å². The molecule has 2 heterocycles. The molecule has 0 bridgehead atoms. The summed E-state index contributed by atoms with van der Waals surface area (Å²) in [5.41, 5.74) is 0.220. The maximum absolute atomic E-state index is 12.5. The number of carbonyl (C=O) groups excluding carboxylic acids is 2. The molecule has 0 radical (unpaired) electrons. The fraction of sp³-hybridized carbons (Fsp3) is 0.500. The molecule has 1 aromatic rings. The zero-order chi connectivity index (χ0) is 16.3. The van der Waals surface area contributed by atoms with Gasteiger partial charge in [-0.25, -0.2) is 0 Å². The van der Waals surface area contributed by atoms with Crippen molar-refractivity contribution in [3.63, 3.8) is 0 Å². The molecular weight excluding hydrogens is 302 g/mol. The average Bonchev–Trinajstić information content (AvgIpc) is 3.05. The van der Waals surface area contributed by atoms with Crippen LogP contribution in [-0.4, -0.2) is 42.0 Å². The molecule has 22 heavy (non-hydrogen) atoms. The number of hydrogen-bond donors (Lipinski definition) is 1. The van der Waals surface area contributed by atoms with Gasteiger partial charge in [-0.1, -0.05) is 19.9 Å². The lowest BCUT2D eigenvalue weighted by atomic mass is 9.95. The number of ketones is 1. The van der Waals surface area contributed by atoms with E-state index in [0.717, 1.165) is 4.88 Å². The van der Waals surface area contributed by atoms with Crippen molar-refractivity contribution in [2.24, 2.45) is 5.92 Å². The van der Waals surface area contributed by atoms with Crippen LogP contribution in [0.4, 0.5) is 0 Å². The zero-order valence-electron chi connectivity index (χ0n) is 13.0. The van der Waals surface area contributed by atoms with Crippen molar-refractivity contribution in [2.45, 2.75) is 26.3 Å². The van der Waals surface area contributed by atoms with Crippen molar-refractivity contribution in [1.29, 1.82) is 0 Å². The molecule has 5 nitrogen and oxygen atoms in total. The summed E-state index contributed by atoms with van der Waals surface area (Å²) < 4.78 is 5.04. The van der Waals surface area contributed by atoms with Crippen LogP contribution in [0.3, 0.4) is 0 Å². The molecule has 1 N–H and O–H groups in total. The molecule has 1 aliphatic heterocycles. The van der Waals surface area contributed by atoms with Gasteiger partial charge in [0.05, 0.1) is 18.2 Å². The average molecular weight is 323 g/mol. The second-order valence-corrected chi connectivity index (χ2v) is 6.67. The van der Waals surface area contributed by atoms with Crippen LogP contribution in [-0.2, 0) is 14.3 Å². The highest BCUT2D eigenvalue weighted by Crippen LogP contribution is 2.40. The lowest BCUT2D eigenvalue weighted by Crippen LogP contribution is -2.33. The number of Topliss-reactive ketones (excluding diaryl/α,β-unsaturated/α-hetero) is 1. The Kier molecular flexibility index (Phi) is 5.37. The molecule has 1 aromatic heterocycles. The van der Waals surface area contributed by atoms with Crippen LogP contribution in [0.25, 0.3) is 0 Å². The summed E-state index contributed by atoms with van der Waals surface area (Å²) in [4.78, 5) is 27.2. The molecule has 0 saturated carbocycles. The van der Waals surface area contributed by atoms with E-state index in [1.54, 1.807) is 7.11 Å². The van der Waals surface area contributed by atoms with Crippen LogP contribution in [0.5, 0.6) is 0 Å². The van der Waals surface area contributed by atoms with Gasteiger partial charge in [-0.2, -0.15) is 0 Å². The summed E-state index contributed by atoms with van der Waals surface area (Å²) in [5, 5.41) is 12.1. The van der Waals surface area contributed by atoms with Crippen molar-refractivity contribution < 1.29 is 19.4 Å². The third kappa shape index (κ3) is 3.23. The summed E-state index contributed by atoms with van der Waals surface area (Å²) in [6, 6.07) is 3.25. The number of amides is 1. The van der Waals surface area contributed by atoms with Crippen LogP contribution in [0.1, 0.15) is 31.2 Å². The molecular formula is C16H21NO4S. The van der Waals surface area contributed by atoms with Gasteiger partial charge >= 0.3 is 0 Å². The van der Waals surface area contributed by atoms with Crippen LogP contribution < -0.4 is 0 Å².